The Labute approximate surface area is 296 Å². The topological polar surface area (TPSA) is 136 Å². The molecule has 11 heteroatoms. The van der Waals surface area contributed by atoms with Crippen LogP contribution in [0.4, 0.5) is 5.69 Å². The fraction of sp³-hybridized carbons (Fsp3) is 0.564. The zero-order valence-corrected chi connectivity index (χ0v) is 30.3. The Hall–Kier alpha value is -3.30. The Kier molecular flexibility index (Phi) is 13.5. The molecule has 0 radical (unpaired) electrons. The van der Waals surface area contributed by atoms with E-state index in [9.17, 15) is 28.9 Å². The lowest BCUT2D eigenvalue weighted by Gasteiger charge is -2.29. The van der Waals surface area contributed by atoms with Gasteiger partial charge in [0.05, 0.1) is 36.6 Å². The van der Waals surface area contributed by atoms with Crippen LogP contribution in [0.5, 0.6) is 0 Å². The minimum atomic E-state index is -3.77. The molecular weight excluding hydrogens is 653 g/mol. The number of anilines is 1. The summed E-state index contributed by atoms with van der Waals surface area (Å²) in [6.07, 6.45) is 7.07. The Bertz CT molecular complexity index is 1560. The number of amides is 3. The maximum Gasteiger partial charge on any atom is 0.331 e. The number of β-amino-alcohol motifs (C(OH)–C–C–N with tert-alkyl or cyclic N) is 1. The Morgan fingerprint density at radius 2 is 1.62 bits per heavy atom. The molecule has 5 rings (SSSR count). The van der Waals surface area contributed by atoms with Gasteiger partial charge in [-0.2, -0.15) is 0 Å². The van der Waals surface area contributed by atoms with E-state index in [-0.39, 0.29) is 36.5 Å². The quantitative estimate of drug-likeness (QED) is 0.144. The zero-order chi connectivity index (χ0) is 35.7. The zero-order valence-electron chi connectivity index (χ0n) is 29.4. The van der Waals surface area contributed by atoms with Crippen molar-refractivity contribution in [2.75, 3.05) is 24.6 Å². The number of likely N-dealkylation sites (tertiary alicyclic amines) is 1. The number of carbonyl (C=O) groups excluding carboxylic acids is 3. The second kappa shape index (κ2) is 17.8. The summed E-state index contributed by atoms with van der Waals surface area (Å²) in [5, 5.41) is 13.2. The summed E-state index contributed by atoms with van der Waals surface area (Å²) in [4.78, 5) is 52.8. The van der Waals surface area contributed by atoms with E-state index >= 15 is 0 Å². The summed E-state index contributed by atoms with van der Waals surface area (Å²) in [5.41, 5.74) is 4.81. The molecule has 3 N–H and O–H groups in total. The minimum absolute atomic E-state index is 0.0336. The van der Waals surface area contributed by atoms with Gasteiger partial charge in [-0.15, -0.1) is 0 Å². The predicted molar refractivity (Wildman–Crippen MR) is 195 cm³/mol. The average molecular weight is 708 g/mol. The number of benzene rings is 2. The fourth-order valence-corrected chi connectivity index (χ4v) is 9.26. The molecule has 1 saturated carbocycles. The van der Waals surface area contributed by atoms with Crippen molar-refractivity contribution in [1.82, 2.24) is 10.2 Å². The number of aliphatic hydroxyl groups excluding tert-OH is 1. The standard InChI is InChI=1S/C39H54N3O7P/c1-28-19-20-34(22-28)50(47,48)49-27-32-24-33(43)26-41(32)38(45)17-4-3-11-21-40-37(44)16-9-10-18-39(46)42-25-31-13-6-5-12-30(31)23-29(2)35-14-7-8-15-36(35)42/h5-8,12-15,28,32-34,43H,2-4,9-11,16-27H2,1H3,(H,40,44)(H,47,48)/t28-,32+,33-,34?/m1/s1. The molecule has 2 aliphatic heterocycles. The van der Waals surface area contributed by atoms with E-state index in [1.54, 1.807) is 4.90 Å². The van der Waals surface area contributed by atoms with Crippen molar-refractivity contribution in [3.05, 3.63) is 71.8 Å². The van der Waals surface area contributed by atoms with Crippen LogP contribution in [0.2, 0.25) is 0 Å². The highest BCUT2D eigenvalue weighted by Crippen LogP contribution is 2.55. The molecule has 2 fully saturated rings. The molecule has 10 nitrogen and oxygen atoms in total. The van der Waals surface area contributed by atoms with Gasteiger partial charge < -0.3 is 29.6 Å². The highest BCUT2D eigenvalue weighted by molar-refractivity contribution is 7.53. The van der Waals surface area contributed by atoms with Crippen molar-refractivity contribution < 1.29 is 33.5 Å². The Balaban J connectivity index is 0.965. The first-order valence-electron chi connectivity index (χ1n) is 18.4. The van der Waals surface area contributed by atoms with Crippen LogP contribution in [0, 0.1) is 5.92 Å². The summed E-state index contributed by atoms with van der Waals surface area (Å²) in [5.74, 6) is 0.305. The number of unbranched alkanes of at least 4 members (excludes halogenated alkanes) is 3. The molecule has 3 aliphatic rings. The van der Waals surface area contributed by atoms with Crippen LogP contribution in [0.15, 0.2) is 55.1 Å². The summed E-state index contributed by atoms with van der Waals surface area (Å²) >= 11 is 0. The number of nitrogens with one attached hydrogen (secondary N) is 1. The Morgan fingerprint density at radius 3 is 2.40 bits per heavy atom. The molecule has 50 heavy (non-hydrogen) atoms. The number of allylic oxidation sites excluding steroid dienone is 1. The van der Waals surface area contributed by atoms with E-state index in [0.29, 0.717) is 76.8 Å². The molecule has 0 spiro atoms. The van der Waals surface area contributed by atoms with Crippen LogP contribution in [0.1, 0.15) is 101 Å². The van der Waals surface area contributed by atoms with E-state index in [2.05, 4.69) is 31.0 Å². The van der Waals surface area contributed by atoms with Crippen molar-refractivity contribution in [1.29, 1.82) is 0 Å². The summed E-state index contributed by atoms with van der Waals surface area (Å²) in [6, 6.07) is 15.7. The molecule has 2 aromatic carbocycles. The SMILES string of the molecule is C=C1Cc2ccccc2CN(C(=O)CCCCC(=O)NCCCCCC(=O)N2C[C@H](O)C[C@H]2COP(=O)(O)C2CC[C@@H](C)C2)c2ccccc21. The lowest BCUT2D eigenvalue weighted by Crippen LogP contribution is -2.38. The van der Waals surface area contributed by atoms with Gasteiger partial charge >= 0.3 is 7.60 Å². The first kappa shape index (κ1) is 37.9. The first-order valence-corrected chi connectivity index (χ1v) is 20.0. The highest BCUT2D eigenvalue weighted by atomic mass is 31.2. The lowest BCUT2D eigenvalue weighted by molar-refractivity contribution is -0.133. The molecule has 2 aromatic rings. The van der Waals surface area contributed by atoms with Crippen molar-refractivity contribution in [2.45, 2.75) is 115 Å². The van der Waals surface area contributed by atoms with Gasteiger partial charge in [-0.3, -0.25) is 18.9 Å². The van der Waals surface area contributed by atoms with Crippen LogP contribution in [0.3, 0.4) is 0 Å². The van der Waals surface area contributed by atoms with Crippen molar-refractivity contribution in [3.63, 3.8) is 0 Å². The van der Waals surface area contributed by atoms with Gasteiger partial charge in [0.2, 0.25) is 17.7 Å². The average Bonchev–Trinajstić information content (AvgIpc) is 3.71. The van der Waals surface area contributed by atoms with E-state index in [1.165, 1.54) is 5.56 Å². The molecule has 2 unspecified atom stereocenters. The largest absolute Gasteiger partial charge is 0.391 e. The number of fused-ring (bicyclic) bond motifs is 2. The van der Waals surface area contributed by atoms with Crippen LogP contribution < -0.4 is 10.2 Å². The molecule has 1 aliphatic carbocycles. The first-order chi connectivity index (χ1) is 24.0. The second-order valence-corrected chi connectivity index (χ2v) is 16.6. The van der Waals surface area contributed by atoms with Gasteiger partial charge in [-0.25, -0.2) is 0 Å². The van der Waals surface area contributed by atoms with Gasteiger partial charge in [0.15, 0.2) is 0 Å². The maximum absolute atomic E-state index is 13.5. The third kappa shape index (κ3) is 10.2. The number of aliphatic hydroxyl groups is 1. The predicted octanol–water partition coefficient (Wildman–Crippen LogP) is 6.38. The third-order valence-electron chi connectivity index (χ3n) is 10.5. The number of hydrogen-bond acceptors (Lipinski definition) is 6. The maximum atomic E-state index is 13.5. The number of carbonyl (C=O) groups is 3. The Morgan fingerprint density at radius 1 is 0.920 bits per heavy atom. The van der Waals surface area contributed by atoms with Gasteiger partial charge in [0.1, 0.15) is 0 Å². The third-order valence-corrected chi connectivity index (χ3v) is 12.4. The van der Waals surface area contributed by atoms with Crippen LogP contribution >= 0.6 is 7.60 Å². The van der Waals surface area contributed by atoms with Gasteiger partial charge in [-0.1, -0.05) is 62.4 Å². The number of nitrogens with zero attached hydrogens (tertiary/aromatic N) is 2. The van der Waals surface area contributed by atoms with Gasteiger partial charge in [0, 0.05) is 37.9 Å². The summed E-state index contributed by atoms with van der Waals surface area (Å²) < 4.78 is 18.3. The summed E-state index contributed by atoms with van der Waals surface area (Å²) in [6.45, 7) is 7.58. The molecule has 3 amide bonds. The van der Waals surface area contributed by atoms with Crippen LogP contribution in [0.25, 0.3) is 5.57 Å². The van der Waals surface area contributed by atoms with E-state index in [0.717, 1.165) is 48.1 Å². The molecule has 1 saturated heterocycles. The smallest absolute Gasteiger partial charge is 0.331 e. The van der Waals surface area contributed by atoms with Crippen molar-refractivity contribution in [2.24, 2.45) is 5.92 Å². The fourth-order valence-electron chi connectivity index (χ4n) is 7.56. The molecule has 0 aromatic heterocycles. The van der Waals surface area contributed by atoms with Crippen molar-refractivity contribution in [3.8, 4) is 0 Å². The molecule has 5 atom stereocenters. The van der Waals surface area contributed by atoms with Crippen LogP contribution in [-0.4, -0.2) is 70.1 Å². The van der Waals surface area contributed by atoms with E-state index in [4.69, 9.17) is 4.52 Å². The monoisotopic (exact) mass is 707 g/mol. The number of para-hydroxylation sites is 1. The number of hydrogen-bond donors (Lipinski definition) is 3. The minimum Gasteiger partial charge on any atom is -0.391 e. The van der Waals surface area contributed by atoms with E-state index < -0.39 is 19.7 Å². The van der Waals surface area contributed by atoms with E-state index in [1.807, 2.05) is 41.3 Å². The summed E-state index contributed by atoms with van der Waals surface area (Å²) in [7, 11) is -3.77. The normalized spacial score (nSPS) is 23.1. The van der Waals surface area contributed by atoms with Crippen LogP contribution in [-0.2, 0) is 36.4 Å². The molecule has 272 valence electrons. The highest BCUT2D eigenvalue weighted by Gasteiger charge is 2.40. The molecule has 2 heterocycles. The number of rotatable bonds is 15. The lowest BCUT2D eigenvalue weighted by atomic mass is 9.92. The molecule has 0 bridgehead atoms. The van der Waals surface area contributed by atoms with Crippen molar-refractivity contribution >= 4 is 36.6 Å². The second-order valence-electron chi connectivity index (χ2n) is 14.4. The molecular formula is C39H54N3O7P. The van der Waals surface area contributed by atoms with Gasteiger partial charge in [-0.05, 0) is 86.5 Å². The van der Waals surface area contributed by atoms with Gasteiger partial charge in [0.25, 0.3) is 0 Å².